The molecule has 1 aliphatic rings. The summed E-state index contributed by atoms with van der Waals surface area (Å²) in [7, 11) is 0. The van der Waals surface area contributed by atoms with Crippen LogP contribution in [0.5, 0.6) is 0 Å². The van der Waals surface area contributed by atoms with Crippen molar-refractivity contribution in [3.8, 4) is 17.4 Å². The first-order valence-corrected chi connectivity index (χ1v) is 8.64. The molecule has 0 saturated carbocycles. The second kappa shape index (κ2) is 6.58. The number of furan rings is 1. The first-order chi connectivity index (χ1) is 12.3. The fraction of sp³-hybridized carbons (Fsp3) is 0.300. The minimum atomic E-state index is 0.315. The monoisotopic (exact) mass is 332 g/mol. The summed E-state index contributed by atoms with van der Waals surface area (Å²) in [4.78, 5) is 10.2. The minimum Gasteiger partial charge on any atom is -0.460 e. The van der Waals surface area contributed by atoms with Crippen LogP contribution in [0.3, 0.4) is 0 Å². The minimum absolute atomic E-state index is 0.315. The van der Waals surface area contributed by atoms with Crippen LogP contribution in [-0.4, -0.2) is 21.4 Å². The maximum absolute atomic E-state index is 9.28. The van der Waals surface area contributed by atoms with Crippen LogP contribution in [0.25, 0.3) is 11.3 Å². The Morgan fingerprint density at radius 2 is 2.20 bits per heavy atom. The molecule has 2 aromatic heterocycles. The number of nitrogens with one attached hydrogen (secondary N) is 1. The molecule has 1 aliphatic heterocycles. The van der Waals surface area contributed by atoms with Gasteiger partial charge in [0.05, 0.1) is 36.2 Å². The van der Waals surface area contributed by atoms with E-state index < -0.39 is 0 Å². The SMILES string of the molecule is CC[C@H]1c2nc[nH]c2CCN1Cc1ccc(-c2ccccc2C#N)o1. The molecular weight excluding hydrogens is 312 g/mol. The second-order valence-electron chi connectivity index (χ2n) is 6.33. The van der Waals surface area contributed by atoms with E-state index in [1.165, 1.54) is 5.69 Å². The predicted molar refractivity (Wildman–Crippen MR) is 94.6 cm³/mol. The van der Waals surface area contributed by atoms with E-state index in [0.29, 0.717) is 11.6 Å². The number of fused-ring (bicyclic) bond motifs is 1. The predicted octanol–water partition coefficient (Wildman–Crippen LogP) is 4.05. The summed E-state index contributed by atoms with van der Waals surface area (Å²) >= 11 is 0. The van der Waals surface area contributed by atoms with E-state index in [1.54, 1.807) is 6.33 Å². The smallest absolute Gasteiger partial charge is 0.135 e. The largest absolute Gasteiger partial charge is 0.460 e. The molecule has 1 aromatic carbocycles. The lowest BCUT2D eigenvalue weighted by atomic mass is 10.0. The van der Waals surface area contributed by atoms with Gasteiger partial charge in [0.15, 0.2) is 0 Å². The summed E-state index contributed by atoms with van der Waals surface area (Å²) in [6.07, 6.45) is 3.79. The molecule has 0 aliphatic carbocycles. The summed E-state index contributed by atoms with van der Waals surface area (Å²) in [6, 6.07) is 14.0. The molecule has 3 heterocycles. The van der Waals surface area contributed by atoms with Crippen molar-refractivity contribution in [2.75, 3.05) is 6.54 Å². The molecule has 0 amide bonds. The van der Waals surface area contributed by atoms with Crippen LogP contribution in [0.2, 0.25) is 0 Å². The second-order valence-corrected chi connectivity index (χ2v) is 6.33. The topological polar surface area (TPSA) is 68.8 Å². The summed E-state index contributed by atoms with van der Waals surface area (Å²) in [6.45, 7) is 3.93. The van der Waals surface area contributed by atoms with Crippen molar-refractivity contribution in [2.45, 2.75) is 32.4 Å². The molecule has 1 N–H and O–H groups in total. The number of rotatable bonds is 4. The lowest BCUT2D eigenvalue weighted by molar-refractivity contribution is 0.155. The molecule has 25 heavy (non-hydrogen) atoms. The molecule has 3 aromatic rings. The molecule has 0 bridgehead atoms. The average Bonchev–Trinajstić information content (AvgIpc) is 3.31. The van der Waals surface area contributed by atoms with Crippen molar-refractivity contribution in [2.24, 2.45) is 0 Å². The fourth-order valence-corrected chi connectivity index (χ4v) is 3.65. The normalized spacial score (nSPS) is 17.2. The van der Waals surface area contributed by atoms with Gasteiger partial charge in [0.1, 0.15) is 11.5 Å². The maximum atomic E-state index is 9.28. The standard InChI is InChI=1S/C20H20N4O/c1-2-18-20-17(22-13-23-20)9-10-24(18)12-15-7-8-19(25-15)16-6-4-3-5-14(16)11-21/h3-8,13,18H,2,9-10,12H2,1H3,(H,22,23)/t18-/m0/s1. The molecule has 0 unspecified atom stereocenters. The van der Waals surface area contributed by atoms with Crippen molar-refractivity contribution in [3.63, 3.8) is 0 Å². The van der Waals surface area contributed by atoms with Gasteiger partial charge in [0.2, 0.25) is 0 Å². The zero-order valence-electron chi connectivity index (χ0n) is 14.2. The van der Waals surface area contributed by atoms with Gasteiger partial charge in [-0.1, -0.05) is 19.1 Å². The van der Waals surface area contributed by atoms with Crippen LogP contribution in [0.1, 0.15) is 42.1 Å². The number of benzene rings is 1. The van der Waals surface area contributed by atoms with Crippen molar-refractivity contribution in [1.29, 1.82) is 5.26 Å². The van der Waals surface area contributed by atoms with E-state index in [9.17, 15) is 5.26 Å². The number of hydrogen-bond donors (Lipinski definition) is 1. The van der Waals surface area contributed by atoms with Crippen molar-refractivity contribution >= 4 is 0 Å². The van der Waals surface area contributed by atoms with E-state index in [1.807, 2.05) is 36.4 Å². The van der Waals surface area contributed by atoms with Crippen LogP contribution in [-0.2, 0) is 13.0 Å². The van der Waals surface area contributed by atoms with Gasteiger partial charge in [-0.2, -0.15) is 5.26 Å². The molecule has 0 radical (unpaired) electrons. The highest BCUT2D eigenvalue weighted by Crippen LogP contribution is 2.32. The number of nitriles is 1. The van der Waals surface area contributed by atoms with Gasteiger partial charge in [-0.3, -0.25) is 4.90 Å². The third-order valence-corrected chi connectivity index (χ3v) is 4.88. The number of hydrogen-bond acceptors (Lipinski definition) is 4. The van der Waals surface area contributed by atoms with Crippen LogP contribution in [0.15, 0.2) is 47.1 Å². The van der Waals surface area contributed by atoms with Crippen molar-refractivity contribution < 1.29 is 4.42 Å². The van der Waals surface area contributed by atoms with E-state index in [-0.39, 0.29) is 0 Å². The summed E-state index contributed by atoms with van der Waals surface area (Å²) in [5.41, 5.74) is 3.90. The third-order valence-electron chi connectivity index (χ3n) is 4.88. The fourth-order valence-electron chi connectivity index (χ4n) is 3.65. The van der Waals surface area contributed by atoms with E-state index in [4.69, 9.17) is 4.42 Å². The maximum Gasteiger partial charge on any atom is 0.135 e. The van der Waals surface area contributed by atoms with Gasteiger partial charge in [-0.05, 0) is 30.7 Å². The molecular formula is C20H20N4O. The van der Waals surface area contributed by atoms with Crippen LogP contribution >= 0.6 is 0 Å². The molecule has 0 fully saturated rings. The Morgan fingerprint density at radius 1 is 1.32 bits per heavy atom. The number of aromatic amines is 1. The van der Waals surface area contributed by atoms with Gasteiger partial charge in [-0.25, -0.2) is 4.98 Å². The van der Waals surface area contributed by atoms with Crippen LogP contribution in [0.4, 0.5) is 0 Å². The molecule has 126 valence electrons. The Balaban J connectivity index is 1.57. The van der Waals surface area contributed by atoms with Gasteiger partial charge in [-0.15, -0.1) is 0 Å². The Bertz CT molecular complexity index is 918. The number of imidazole rings is 1. The molecule has 0 saturated heterocycles. The average molecular weight is 332 g/mol. The Morgan fingerprint density at radius 3 is 3.04 bits per heavy atom. The summed E-state index contributed by atoms with van der Waals surface area (Å²) < 4.78 is 6.06. The number of H-pyrrole nitrogens is 1. The highest BCUT2D eigenvalue weighted by molar-refractivity contribution is 5.66. The van der Waals surface area contributed by atoms with Crippen molar-refractivity contribution in [1.82, 2.24) is 14.9 Å². The van der Waals surface area contributed by atoms with E-state index in [0.717, 1.165) is 48.7 Å². The summed E-state index contributed by atoms with van der Waals surface area (Å²) in [5.74, 6) is 1.66. The first-order valence-electron chi connectivity index (χ1n) is 8.64. The first kappa shape index (κ1) is 15.7. The number of aromatic nitrogens is 2. The van der Waals surface area contributed by atoms with Crippen molar-refractivity contribution in [3.05, 3.63) is 65.4 Å². The van der Waals surface area contributed by atoms with E-state index in [2.05, 4.69) is 27.9 Å². The van der Waals surface area contributed by atoms with Gasteiger partial charge in [0.25, 0.3) is 0 Å². The summed E-state index contributed by atoms with van der Waals surface area (Å²) in [5, 5.41) is 9.28. The Hall–Kier alpha value is -2.84. The molecule has 1 atom stereocenters. The highest BCUT2D eigenvalue weighted by atomic mass is 16.3. The van der Waals surface area contributed by atoms with E-state index >= 15 is 0 Å². The molecule has 4 rings (SSSR count). The van der Waals surface area contributed by atoms with Gasteiger partial charge < -0.3 is 9.40 Å². The zero-order valence-corrected chi connectivity index (χ0v) is 14.2. The number of nitrogens with zero attached hydrogens (tertiary/aromatic N) is 3. The van der Waals surface area contributed by atoms with Crippen LogP contribution in [0, 0.1) is 11.3 Å². The third kappa shape index (κ3) is 2.86. The zero-order chi connectivity index (χ0) is 17.2. The molecule has 0 spiro atoms. The lowest BCUT2D eigenvalue weighted by Crippen LogP contribution is -2.34. The Labute approximate surface area is 146 Å². The van der Waals surface area contributed by atoms with Gasteiger partial charge in [0, 0.05) is 24.2 Å². The van der Waals surface area contributed by atoms with Gasteiger partial charge >= 0.3 is 0 Å². The highest BCUT2D eigenvalue weighted by Gasteiger charge is 2.28. The Kier molecular flexibility index (Phi) is 4.12. The quantitative estimate of drug-likeness (QED) is 0.782. The molecule has 5 heteroatoms. The van der Waals surface area contributed by atoms with Crippen LogP contribution < -0.4 is 0 Å². The lowest BCUT2D eigenvalue weighted by Gasteiger charge is -2.33. The molecule has 5 nitrogen and oxygen atoms in total.